The molecule has 3 heterocycles. The summed E-state index contributed by atoms with van der Waals surface area (Å²) in [6.45, 7) is 1.96. The number of pyridine rings is 2. The summed E-state index contributed by atoms with van der Waals surface area (Å²) in [5.41, 5.74) is -0.112. The van der Waals surface area contributed by atoms with Crippen LogP contribution in [0.15, 0.2) is 30.6 Å². The first-order valence-electron chi connectivity index (χ1n) is 7.95. The van der Waals surface area contributed by atoms with Crippen molar-refractivity contribution in [3.63, 3.8) is 0 Å². The van der Waals surface area contributed by atoms with E-state index in [2.05, 4.69) is 27.2 Å². The molecule has 2 aromatic heterocycles. The van der Waals surface area contributed by atoms with Gasteiger partial charge in [0, 0.05) is 25.2 Å². The number of carbonyl (C=O) groups is 1. The number of likely N-dealkylation sites (tertiary alicyclic amines) is 1. The van der Waals surface area contributed by atoms with Crippen molar-refractivity contribution < 1.29 is 18.3 Å². The van der Waals surface area contributed by atoms with E-state index in [4.69, 9.17) is 4.74 Å². The number of hydrogen-bond donors (Lipinski definition) is 1. The van der Waals surface area contributed by atoms with Gasteiger partial charge in [-0.05, 0) is 26.0 Å². The zero-order chi connectivity index (χ0) is 17.8. The van der Waals surface area contributed by atoms with Gasteiger partial charge < -0.3 is 15.0 Å². The van der Waals surface area contributed by atoms with Crippen LogP contribution in [0, 0.1) is 11.6 Å². The van der Waals surface area contributed by atoms with E-state index in [9.17, 15) is 13.6 Å². The van der Waals surface area contributed by atoms with Gasteiger partial charge in [0.2, 0.25) is 5.88 Å². The molecule has 1 aliphatic rings. The average molecular weight is 348 g/mol. The molecule has 1 N–H and O–H groups in total. The summed E-state index contributed by atoms with van der Waals surface area (Å²) in [6, 6.07) is 3.86. The minimum Gasteiger partial charge on any atom is -0.474 e. The van der Waals surface area contributed by atoms with E-state index >= 15 is 0 Å². The third-order valence-corrected chi connectivity index (χ3v) is 3.97. The second-order valence-electron chi connectivity index (χ2n) is 5.94. The van der Waals surface area contributed by atoms with E-state index in [0.717, 1.165) is 32.1 Å². The van der Waals surface area contributed by atoms with Crippen molar-refractivity contribution in [2.75, 3.05) is 25.5 Å². The Labute approximate surface area is 143 Å². The van der Waals surface area contributed by atoms with Crippen LogP contribution >= 0.6 is 0 Å². The van der Waals surface area contributed by atoms with Gasteiger partial charge in [0.25, 0.3) is 5.91 Å². The largest absolute Gasteiger partial charge is 0.474 e. The summed E-state index contributed by atoms with van der Waals surface area (Å²) < 4.78 is 32.2. The molecule has 1 amide bonds. The second kappa shape index (κ2) is 7.52. The summed E-state index contributed by atoms with van der Waals surface area (Å²) in [5.74, 6) is -2.17. The molecule has 1 aliphatic heterocycles. The number of anilines is 1. The highest BCUT2D eigenvalue weighted by Crippen LogP contribution is 2.18. The van der Waals surface area contributed by atoms with Gasteiger partial charge in [-0.3, -0.25) is 4.79 Å². The average Bonchev–Trinajstić information content (AvgIpc) is 2.58. The summed E-state index contributed by atoms with van der Waals surface area (Å²) in [6.07, 6.45) is 4.21. The highest BCUT2D eigenvalue weighted by molar-refractivity contribution is 6.02. The third-order valence-electron chi connectivity index (χ3n) is 3.97. The van der Waals surface area contributed by atoms with Crippen molar-refractivity contribution in [2.45, 2.75) is 18.9 Å². The van der Waals surface area contributed by atoms with Crippen LogP contribution in [-0.4, -0.2) is 47.0 Å². The summed E-state index contributed by atoms with van der Waals surface area (Å²) in [7, 11) is 2.07. The van der Waals surface area contributed by atoms with Crippen LogP contribution in [0.25, 0.3) is 0 Å². The predicted octanol–water partition coefficient (Wildman–Crippen LogP) is 2.48. The van der Waals surface area contributed by atoms with E-state index in [1.165, 1.54) is 6.20 Å². The predicted molar refractivity (Wildman–Crippen MR) is 87.5 cm³/mol. The Balaban J connectivity index is 1.59. The quantitative estimate of drug-likeness (QED) is 0.919. The van der Waals surface area contributed by atoms with Gasteiger partial charge in [-0.1, -0.05) is 0 Å². The van der Waals surface area contributed by atoms with Crippen LogP contribution in [0.2, 0.25) is 0 Å². The molecular formula is C17H18F2N4O2. The zero-order valence-electron chi connectivity index (χ0n) is 13.7. The van der Waals surface area contributed by atoms with Crippen LogP contribution < -0.4 is 10.1 Å². The maximum absolute atomic E-state index is 13.6. The summed E-state index contributed by atoms with van der Waals surface area (Å²) in [5, 5.41) is 2.47. The molecule has 0 aromatic carbocycles. The van der Waals surface area contributed by atoms with Crippen LogP contribution in [0.4, 0.5) is 14.5 Å². The Morgan fingerprint density at radius 1 is 1.24 bits per heavy atom. The van der Waals surface area contributed by atoms with Gasteiger partial charge in [0.1, 0.15) is 11.9 Å². The first-order valence-corrected chi connectivity index (χ1v) is 7.95. The molecule has 132 valence electrons. The number of amides is 1. The van der Waals surface area contributed by atoms with Crippen LogP contribution in [0.5, 0.6) is 5.88 Å². The van der Waals surface area contributed by atoms with Crippen molar-refractivity contribution in [1.82, 2.24) is 14.9 Å². The number of hydrogen-bond acceptors (Lipinski definition) is 5. The van der Waals surface area contributed by atoms with Crippen LogP contribution in [-0.2, 0) is 0 Å². The maximum atomic E-state index is 13.6. The number of halogens is 2. The monoisotopic (exact) mass is 348 g/mol. The van der Waals surface area contributed by atoms with Gasteiger partial charge in [0.05, 0.1) is 18.1 Å². The molecule has 0 aliphatic carbocycles. The fourth-order valence-electron chi connectivity index (χ4n) is 2.57. The van der Waals surface area contributed by atoms with E-state index in [0.29, 0.717) is 17.6 Å². The number of rotatable bonds is 4. The Hall–Kier alpha value is -2.61. The van der Waals surface area contributed by atoms with Crippen molar-refractivity contribution in [3.05, 3.63) is 47.9 Å². The Bertz CT molecular complexity index is 747. The molecule has 8 heteroatoms. The van der Waals surface area contributed by atoms with Crippen molar-refractivity contribution in [2.24, 2.45) is 0 Å². The molecule has 0 atom stereocenters. The molecule has 1 saturated heterocycles. The van der Waals surface area contributed by atoms with Crippen LogP contribution in [0.3, 0.4) is 0 Å². The van der Waals surface area contributed by atoms with Crippen molar-refractivity contribution in [1.29, 1.82) is 0 Å². The first kappa shape index (κ1) is 17.2. The number of piperidine rings is 1. The molecule has 0 radical (unpaired) electrons. The molecule has 0 unspecified atom stereocenters. The summed E-state index contributed by atoms with van der Waals surface area (Å²) in [4.78, 5) is 21.8. The van der Waals surface area contributed by atoms with E-state index in [1.54, 1.807) is 12.1 Å². The van der Waals surface area contributed by atoms with Gasteiger partial charge in [-0.25, -0.2) is 18.7 Å². The molecule has 1 fully saturated rings. The van der Waals surface area contributed by atoms with E-state index in [-0.39, 0.29) is 6.10 Å². The zero-order valence-corrected chi connectivity index (χ0v) is 13.7. The smallest absolute Gasteiger partial charge is 0.277 e. The summed E-state index contributed by atoms with van der Waals surface area (Å²) >= 11 is 0. The number of nitrogens with zero attached hydrogens (tertiary/aromatic N) is 3. The fourth-order valence-corrected chi connectivity index (χ4v) is 2.57. The Kier molecular flexibility index (Phi) is 5.18. The Morgan fingerprint density at radius 2 is 2.00 bits per heavy atom. The number of carbonyl (C=O) groups excluding carboxylic acids is 1. The molecule has 0 spiro atoms. The number of ether oxygens (including phenoxy) is 1. The highest BCUT2D eigenvalue weighted by atomic mass is 19.1. The molecule has 2 aromatic rings. The molecule has 6 nitrogen and oxygen atoms in total. The standard InChI is InChI=1S/C17H18F2N4O2/c1-23-6-4-13(5-7-23)25-15-3-2-12(10-20-15)22-17(24)16-14(19)8-11(18)9-21-16/h2-3,8-10,13H,4-7H2,1H3,(H,22,24). The molecule has 0 saturated carbocycles. The van der Waals surface area contributed by atoms with E-state index < -0.39 is 23.2 Å². The fraction of sp³-hybridized carbons (Fsp3) is 0.353. The van der Waals surface area contributed by atoms with Gasteiger partial charge in [0.15, 0.2) is 11.5 Å². The van der Waals surface area contributed by atoms with Crippen molar-refractivity contribution in [3.8, 4) is 5.88 Å². The minimum atomic E-state index is -1.02. The highest BCUT2D eigenvalue weighted by Gasteiger charge is 2.19. The molecular weight excluding hydrogens is 330 g/mol. The van der Waals surface area contributed by atoms with Gasteiger partial charge in [-0.2, -0.15) is 0 Å². The molecule has 25 heavy (non-hydrogen) atoms. The lowest BCUT2D eigenvalue weighted by molar-refractivity contribution is 0.101. The molecule has 0 bridgehead atoms. The lowest BCUT2D eigenvalue weighted by Crippen LogP contribution is -2.35. The maximum Gasteiger partial charge on any atom is 0.277 e. The number of aromatic nitrogens is 2. The topological polar surface area (TPSA) is 67.3 Å². The second-order valence-corrected chi connectivity index (χ2v) is 5.94. The third kappa shape index (κ3) is 4.48. The lowest BCUT2D eigenvalue weighted by Gasteiger charge is -2.28. The normalized spacial score (nSPS) is 15.8. The molecule has 3 rings (SSSR count). The van der Waals surface area contributed by atoms with Gasteiger partial charge >= 0.3 is 0 Å². The SMILES string of the molecule is CN1CCC(Oc2ccc(NC(=O)c3ncc(F)cc3F)cn2)CC1. The van der Waals surface area contributed by atoms with E-state index in [1.807, 2.05) is 0 Å². The lowest BCUT2D eigenvalue weighted by atomic mass is 10.1. The van der Waals surface area contributed by atoms with Crippen LogP contribution in [0.1, 0.15) is 23.3 Å². The number of nitrogens with one attached hydrogen (secondary N) is 1. The Morgan fingerprint density at radius 3 is 2.64 bits per heavy atom. The minimum absolute atomic E-state index is 0.127. The first-order chi connectivity index (χ1) is 12.0. The van der Waals surface area contributed by atoms with Gasteiger partial charge in [-0.15, -0.1) is 0 Å². The van der Waals surface area contributed by atoms with Crippen molar-refractivity contribution >= 4 is 11.6 Å².